The Morgan fingerprint density at radius 1 is 1.35 bits per heavy atom. The maximum Gasteiger partial charge on any atom is 0.326 e. The van der Waals surface area contributed by atoms with Gasteiger partial charge in [-0.2, -0.15) is 0 Å². The van der Waals surface area contributed by atoms with Crippen molar-refractivity contribution in [2.45, 2.75) is 25.0 Å². The van der Waals surface area contributed by atoms with Gasteiger partial charge in [-0.3, -0.25) is 4.79 Å². The number of carbonyl (C=O) groups excluding carboxylic acids is 1. The second kappa shape index (κ2) is 3.48. The van der Waals surface area contributed by atoms with Gasteiger partial charge in [-0.15, -0.1) is 0 Å². The van der Waals surface area contributed by atoms with Crippen LogP contribution in [0, 0.1) is 0 Å². The Hall–Kier alpha value is -2.04. The molecule has 2 atom stereocenters. The molecular formula is C12H12N2O3. The van der Waals surface area contributed by atoms with Crippen LogP contribution < -0.4 is 5.32 Å². The van der Waals surface area contributed by atoms with Crippen molar-refractivity contribution in [2.75, 3.05) is 5.32 Å². The fraction of sp³-hybridized carbons (Fsp3) is 0.333. The molecule has 0 spiro atoms. The van der Waals surface area contributed by atoms with Gasteiger partial charge in [0, 0.05) is 5.69 Å². The summed E-state index contributed by atoms with van der Waals surface area (Å²) in [6.07, 6.45) is 1.00. The van der Waals surface area contributed by atoms with E-state index in [2.05, 4.69) is 5.32 Å². The molecule has 17 heavy (non-hydrogen) atoms. The summed E-state index contributed by atoms with van der Waals surface area (Å²) in [5.41, 5.74) is 1.35. The molecule has 2 aliphatic rings. The van der Waals surface area contributed by atoms with Crippen molar-refractivity contribution in [3.8, 4) is 0 Å². The van der Waals surface area contributed by atoms with E-state index < -0.39 is 12.0 Å². The highest BCUT2D eigenvalue weighted by Crippen LogP contribution is 2.33. The van der Waals surface area contributed by atoms with E-state index in [1.165, 1.54) is 4.90 Å². The number of carboxylic acids is 1. The number of rotatable bonds is 1. The number of hydrogen-bond donors (Lipinski definition) is 2. The third kappa shape index (κ3) is 1.39. The molecule has 2 N–H and O–H groups in total. The molecule has 0 aromatic heterocycles. The number of amides is 1. The largest absolute Gasteiger partial charge is 0.480 e. The van der Waals surface area contributed by atoms with Gasteiger partial charge in [-0.1, -0.05) is 12.1 Å². The summed E-state index contributed by atoms with van der Waals surface area (Å²) in [7, 11) is 0. The van der Waals surface area contributed by atoms with Gasteiger partial charge in [0.2, 0.25) is 0 Å². The Morgan fingerprint density at radius 2 is 2.12 bits per heavy atom. The van der Waals surface area contributed by atoms with Crippen molar-refractivity contribution in [3.63, 3.8) is 0 Å². The minimum atomic E-state index is -0.929. The van der Waals surface area contributed by atoms with Crippen LogP contribution in [-0.2, 0) is 4.79 Å². The molecule has 1 saturated heterocycles. The summed E-state index contributed by atoms with van der Waals surface area (Å²) < 4.78 is 0. The zero-order chi connectivity index (χ0) is 12.0. The maximum absolute atomic E-state index is 12.2. The van der Waals surface area contributed by atoms with E-state index in [4.69, 9.17) is 5.11 Å². The van der Waals surface area contributed by atoms with E-state index in [1.54, 1.807) is 12.1 Å². The molecule has 5 nitrogen and oxygen atoms in total. The molecule has 3 rings (SSSR count). The summed E-state index contributed by atoms with van der Waals surface area (Å²) in [5.74, 6) is -1.11. The molecule has 0 aliphatic carbocycles. The van der Waals surface area contributed by atoms with Crippen LogP contribution in [0.3, 0.4) is 0 Å². The van der Waals surface area contributed by atoms with E-state index in [0.717, 1.165) is 5.69 Å². The van der Waals surface area contributed by atoms with E-state index in [-0.39, 0.29) is 12.1 Å². The fourth-order valence-electron chi connectivity index (χ4n) is 2.59. The average molecular weight is 232 g/mol. The predicted octanol–water partition coefficient (Wildman–Crippen LogP) is 1.13. The molecule has 1 aromatic rings. The molecule has 0 radical (unpaired) electrons. The predicted molar refractivity (Wildman–Crippen MR) is 60.7 cm³/mol. The summed E-state index contributed by atoms with van der Waals surface area (Å²) in [4.78, 5) is 24.8. The fourth-order valence-corrected chi connectivity index (χ4v) is 2.59. The van der Waals surface area contributed by atoms with Gasteiger partial charge in [-0.05, 0) is 25.0 Å². The van der Waals surface area contributed by atoms with Crippen LogP contribution in [0.5, 0.6) is 0 Å². The number of carboxylic acid groups (broad SMARTS) is 1. The van der Waals surface area contributed by atoms with Crippen LogP contribution in [0.4, 0.5) is 5.69 Å². The summed E-state index contributed by atoms with van der Waals surface area (Å²) in [6, 6.07) is 6.51. The normalized spacial score (nSPS) is 26.1. The molecule has 0 saturated carbocycles. The molecule has 0 unspecified atom stereocenters. The Bertz CT molecular complexity index is 500. The number of benzene rings is 1. The lowest BCUT2D eigenvalue weighted by molar-refractivity contribution is -0.141. The van der Waals surface area contributed by atoms with Crippen LogP contribution >= 0.6 is 0 Å². The van der Waals surface area contributed by atoms with E-state index >= 15 is 0 Å². The highest BCUT2D eigenvalue weighted by atomic mass is 16.4. The van der Waals surface area contributed by atoms with Gasteiger partial charge in [0.25, 0.3) is 5.91 Å². The van der Waals surface area contributed by atoms with Crippen molar-refractivity contribution in [2.24, 2.45) is 0 Å². The quantitative estimate of drug-likeness (QED) is 0.761. The Kier molecular flexibility index (Phi) is 2.07. The van der Waals surface area contributed by atoms with Crippen LogP contribution in [0.15, 0.2) is 24.3 Å². The number of nitrogens with one attached hydrogen (secondary N) is 1. The topological polar surface area (TPSA) is 69.6 Å². The Morgan fingerprint density at radius 3 is 2.88 bits per heavy atom. The van der Waals surface area contributed by atoms with Gasteiger partial charge in [0.05, 0.1) is 5.56 Å². The van der Waals surface area contributed by atoms with E-state index in [0.29, 0.717) is 18.4 Å². The zero-order valence-corrected chi connectivity index (χ0v) is 9.09. The van der Waals surface area contributed by atoms with Crippen molar-refractivity contribution in [3.05, 3.63) is 29.8 Å². The Balaban J connectivity index is 2.03. The van der Waals surface area contributed by atoms with Crippen LogP contribution in [0.2, 0.25) is 0 Å². The molecule has 1 amide bonds. The first-order valence-corrected chi connectivity index (χ1v) is 5.59. The highest BCUT2D eigenvalue weighted by molar-refractivity contribution is 6.03. The van der Waals surface area contributed by atoms with E-state index in [1.807, 2.05) is 12.1 Å². The lowest BCUT2D eigenvalue weighted by atomic mass is 10.1. The smallest absolute Gasteiger partial charge is 0.326 e. The first-order chi connectivity index (χ1) is 8.18. The number of carbonyl (C=O) groups is 2. The lowest BCUT2D eigenvalue weighted by Gasteiger charge is -2.34. The number of hydrogen-bond acceptors (Lipinski definition) is 3. The highest BCUT2D eigenvalue weighted by Gasteiger charge is 2.44. The number of para-hydroxylation sites is 1. The van der Waals surface area contributed by atoms with Crippen LogP contribution in [0.25, 0.3) is 0 Å². The number of fused-ring (bicyclic) bond motifs is 2. The molecule has 88 valence electrons. The number of nitrogens with zero attached hydrogens (tertiary/aromatic N) is 1. The minimum Gasteiger partial charge on any atom is -0.480 e. The first-order valence-electron chi connectivity index (χ1n) is 5.59. The molecule has 1 fully saturated rings. The van der Waals surface area contributed by atoms with Gasteiger partial charge in [0.15, 0.2) is 0 Å². The lowest BCUT2D eigenvalue weighted by Crippen LogP contribution is -2.50. The number of anilines is 1. The SMILES string of the molecule is O=C(O)[C@@H]1CC[C@@H]2Nc3ccccc3C(=O)N21. The number of aliphatic carboxylic acids is 1. The molecule has 2 heterocycles. The molecule has 2 aliphatic heterocycles. The second-order valence-electron chi connectivity index (χ2n) is 4.35. The van der Waals surface area contributed by atoms with Crippen molar-refractivity contribution < 1.29 is 14.7 Å². The maximum atomic E-state index is 12.2. The zero-order valence-electron chi connectivity index (χ0n) is 9.09. The molecule has 0 bridgehead atoms. The van der Waals surface area contributed by atoms with Crippen LogP contribution in [-0.4, -0.2) is 34.1 Å². The Labute approximate surface area is 98.0 Å². The third-order valence-corrected chi connectivity index (χ3v) is 3.38. The summed E-state index contributed by atoms with van der Waals surface area (Å²) in [6.45, 7) is 0. The summed E-state index contributed by atoms with van der Waals surface area (Å²) in [5, 5.41) is 12.3. The monoisotopic (exact) mass is 232 g/mol. The first kappa shape index (κ1) is 10.1. The molecule has 1 aromatic carbocycles. The average Bonchev–Trinajstić information content (AvgIpc) is 2.73. The minimum absolute atomic E-state index is 0.182. The van der Waals surface area contributed by atoms with Gasteiger partial charge >= 0.3 is 5.97 Å². The van der Waals surface area contributed by atoms with E-state index in [9.17, 15) is 9.59 Å². The molecule has 5 heteroatoms. The summed E-state index contributed by atoms with van der Waals surface area (Å²) >= 11 is 0. The van der Waals surface area contributed by atoms with Crippen molar-refractivity contribution >= 4 is 17.6 Å². The van der Waals surface area contributed by atoms with Gasteiger partial charge in [0.1, 0.15) is 12.2 Å². The standard InChI is InChI=1S/C12H12N2O3/c15-11-7-3-1-2-4-8(7)13-10-6-5-9(12(16)17)14(10)11/h1-4,9-10,13H,5-6H2,(H,16,17)/t9-,10+/m0/s1. The third-order valence-electron chi connectivity index (χ3n) is 3.38. The van der Waals surface area contributed by atoms with Crippen LogP contribution in [0.1, 0.15) is 23.2 Å². The van der Waals surface area contributed by atoms with Crippen molar-refractivity contribution in [1.82, 2.24) is 4.90 Å². The molecular weight excluding hydrogens is 220 g/mol. The van der Waals surface area contributed by atoms with Gasteiger partial charge < -0.3 is 15.3 Å². The van der Waals surface area contributed by atoms with Crippen molar-refractivity contribution in [1.29, 1.82) is 0 Å². The van der Waals surface area contributed by atoms with Gasteiger partial charge in [-0.25, -0.2) is 4.79 Å². The second-order valence-corrected chi connectivity index (χ2v) is 4.35.